The number of ether oxygens (including phenoxy) is 1. The Labute approximate surface area is 175 Å². The van der Waals surface area contributed by atoms with Crippen LogP contribution in [0.1, 0.15) is 12.8 Å². The second-order valence-electron chi connectivity index (χ2n) is 6.49. The SMILES string of the molecule is O=C(CSc1ccc(F)cc1)N(CC1CCCO1)c1nc2ccc(Cl)cc2s1. The van der Waals surface area contributed by atoms with Crippen molar-refractivity contribution in [2.75, 3.05) is 23.8 Å². The number of anilines is 1. The van der Waals surface area contributed by atoms with E-state index in [0.717, 1.165) is 34.6 Å². The molecule has 1 unspecified atom stereocenters. The highest BCUT2D eigenvalue weighted by molar-refractivity contribution is 8.00. The Balaban J connectivity index is 1.54. The van der Waals surface area contributed by atoms with Gasteiger partial charge in [-0.15, -0.1) is 11.8 Å². The van der Waals surface area contributed by atoms with E-state index in [-0.39, 0.29) is 23.6 Å². The van der Waals surface area contributed by atoms with Gasteiger partial charge < -0.3 is 4.74 Å². The molecule has 1 aliphatic rings. The number of fused-ring (bicyclic) bond motifs is 1. The van der Waals surface area contributed by atoms with Gasteiger partial charge in [0.05, 0.1) is 28.6 Å². The van der Waals surface area contributed by atoms with Crippen LogP contribution in [0.3, 0.4) is 0 Å². The lowest BCUT2D eigenvalue weighted by Gasteiger charge is -2.23. The molecule has 1 fully saturated rings. The van der Waals surface area contributed by atoms with Crippen molar-refractivity contribution in [3.63, 3.8) is 0 Å². The Hall–Kier alpha value is -1.67. The van der Waals surface area contributed by atoms with Crippen molar-refractivity contribution in [2.45, 2.75) is 23.8 Å². The minimum absolute atomic E-state index is 0.0235. The number of benzene rings is 2. The van der Waals surface area contributed by atoms with E-state index in [9.17, 15) is 9.18 Å². The Kier molecular flexibility index (Phi) is 6.16. The number of aromatic nitrogens is 1. The van der Waals surface area contributed by atoms with Crippen LogP contribution in [0, 0.1) is 5.82 Å². The van der Waals surface area contributed by atoms with Gasteiger partial charge >= 0.3 is 0 Å². The second kappa shape index (κ2) is 8.78. The quantitative estimate of drug-likeness (QED) is 0.485. The molecule has 0 bridgehead atoms. The predicted molar refractivity (Wildman–Crippen MR) is 113 cm³/mol. The summed E-state index contributed by atoms with van der Waals surface area (Å²) in [6, 6.07) is 11.7. The minimum atomic E-state index is -0.288. The van der Waals surface area contributed by atoms with Crippen molar-refractivity contribution in [1.82, 2.24) is 4.98 Å². The zero-order valence-electron chi connectivity index (χ0n) is 14.9. The van der Waals surface area contributed by atoms with E-state index in [1.165, 1.54) is 35.2 Å². The summed E-state index contributed by atoms with van der Waals surface area (Å²) in [6.07, 6.45) is 1.97. The number of halogens is 2. The third-order valence-corrected chi connectivity index (χ3v) is 6.73. The zero-order valence-corrected chi connectivity index (χ0v) is 17.3. The molecule has 0 N–H and O–H groups in total. The molecular weight excluding hydrogens is 419 g/mol. The van der Waals surface area contributed by atoms with Crippen LogP contribution in [0.25, 0.3) is 10.2 Å². The molecule has 4 nitrogen and oxygen atoms in total. The second-order valence-corrected chi connectivity index (χ2v) is 8.98. The van der Waals surface area contributed by atoms with Gasteiger partial charge in [0.2, 0.25) is 5.91 Å². The first-order valence-corrected chi connectivity index (χ1v) is 11.1. The fourth-order valence-electron chi connectivity index (χ4n) is 3.03. The van der Waals surface area contributed by atoms with Crippen LogP contribution in [0.2, 0.25) is 5.02 Å². The molecule has 0 radical (unpaired) electrons. The van der Waals surface area contributed by atoms with E-state index in [0.29, 0.717) is 16.7 Å². The summed E-state index contributed by atoms with van der Waals surface area (Å²) in [6.45, 7) is 1.21. The lowest BCUT2D eigenvalue weighted by Crippen LogP contribution is -2.38. The molecule has 1 amide bonds. The van der Waals surface area contributed by atoms with Crippen molar-refractivity contribution in [3.8, 4) is 0 Å². The fourth-order valence-corrected chi connectivity index (χ4v) is 5.08. The number of carbonyl (C=O) groups excluding carboxylic acids is 1. The number of rotatable bonds is 6. The summed E-state index contributed by atoms with van der Waals surface area (Å²) in [5.41, 5.74) is 0.820. The van der Waals surface area contributed by atoms with Crippen LogP contribution in [-0.2, 0) is 9.53 Å². The van der Waals surface area contributed by atoms with Gasteiger partial charge in [-0.25, -0.2) is 9.37 Å². The maximum atomic E-state index is 13.1. The number of hydrogen-bond acceptors (Lipinski definition) is 5. The first kappa shape index (κ1) is 19.6. The van der Waals surface area contributed by atoms with Crippen LogP contribution in [0.4, 0.5) is 9.52 Å². The van der Waals surface area contributed by atoms with Gasteiger partial charge in [0.25, 0.3) is 0 Å². The molecule has 2 heterocycles. The van der Waals surface area contributed by atoms with E-state index < -0.39 is 0 Å². The number of thiazole rings is 1. The molecule has 2 aromatic carbocycles. The molecule has 1 atom stereocenters. The standard InChI is InChI=1S/C20H18ClFN2O2S2/c21-13-3-8-17-18(10-13)28-20(23-17)24(11-15-2-1-9-26-15)19(25)12-27-16-6-4-14(22)5-7-16/h3-8,10,15H,1-2,9,11-12H2. The highest BCUT2D eigenvalue weighted by Crippen LogP contribution is 2.32. The van der Waals surface area contributed by atoms with Crippen LogP contribution in [0.15, 0.2) is 47.4 Å². The van der Waals surface area contributed by atoms with Crippen molar-refractivity contribution in [1.29, 1.82) is 0 Å². The monoisotopic (exact) mass is 436 g/mol. The third kappa shape index (κ3) is 4.66. The van der Waals surface area contributed by atoms with E-state index in [2.05, 4.69) is 4.98 Å². The molecule has 1 saturated heterocycles. The molecule has 3 aromatic rings. The van der Waals surface area contributed by atoms with Crippen molar-refractivity contribution < 1.29 is 13.9 Å². The normalized spacial score (nSPS) is 16.6. The summed E-state index contributed by atoms with van der Waals surface area (Å²) < 4.78 is 19.8. The van der Waals surface area contributed by atoms with Crippen LogP contribution < -0.4 is 4.90 Å². The van der Waals surface area contributed by atoms with Gasteiger partial charge in [-0.1, -0.05) is 22.9 Å². The van der Waals surface area contributed by atoms with Gasteiger partial charge in [0.15, 0.2) is 5.13 Å². The molecule has 0 spiro atoms. The summed E-state index contributed by atoms with van der Waals surface area (Å²) in [4.78, 5) is 20.2. The average Bonchev–Trinajstić information content (AvgIpc) is 3.34. The first-order valence-electron chi connectivity index (χ1n) is 8.95. The van der Waals surface area contributed by atoms with Gasteiger partial charge in [0, 0.05) is 16.5 Å². The Bertz CT molecular complexity index is 974. The van der Waals surface area contributed by atoms with E-state index in [1.807, 2.05) is 12.1 Å². The third-order valence-electron chi connectivity index (χ3n) is 4.46. The van der Waals surface area contributed by atoms with Crippen LogP contribution in [-0.4, -0.2) is 35.9 Å². The van der Waals surface area contributed by atoms with Gasteiger partial charge in [0.1, 0.15) is 5.82 Å². The molecule has 1 aliphatic heterocycles. The largest absolute Gasteiger partial charge is 0.376 e. The predicted octanol–water partition coefficient (Wildman–Crippen LogP) is 5.39. The molecule has 28 heavy (non-hydrogen) atoms. The lowest BCUT2D eigenvalue weighted by atomic mass is 10.2. The molecule has 0 aliphatic carbocycles. The molecule has 146 valence electrons. The number of amides is 1. The fraction of sp³-hybridized carbons (Fsp3) is 0.300. The van der Waals surface area contributed by atoms with E-state index >= 15 is 0 Å². The summed E-state index contributed by atoms with van der Waals surface area (Å²) in [5, 5.41) is 1.30. The van der Waals surface area contributed by atoms with Crippen molar-refractivity contribution >= 4 is 56.0 Å². The van der Waals surface area contributed by atoms with Gasteiger partial charge in [-0.2, -0.15) is 0 Å². The average molecular weight is 437 g/mol. The van der Waals surface area contributed by atoms with E-state index in [4.69, 9.17) is 16.3 Å². The topological polar surface area (TPSA) is 42.4 Å². The highest BCUT2D eigenvalue weighted by atomic mass is 35.5. The summed E-state index contributed by atoms with van der Waals surface area (Å²) in [5.74, 6) is -0.0894. The van der Waals surface area contributed by atoms with Crippen molar-refractivity contribution in [2.24, 2.45) is 0 Å². The van der Waals surface area contributed by atoms with Crippen LogP contribution >= 0.6 is 34.7 Å². The summed E-state index contributed by atoms with van der Waals surface area (Å²) in [7, 11) is 0. The number of hydrogen-bond donors (Lipinski definition) is 0. The first-order chi connectivity index (χ1) is 13.6. The minimum Gasteiger partial charge on any atom is -0.376 e. The van der Waals surface area contributed by atoms with Crippen molar-refractivity contribution in [3.05, 3.63) is 53.3 Å². The molecule has 8 heteroatoms. The van der Waals surface area contributed by atoms with Crippen LogP contribution in [0.5, 0.6) is 0 Å². The lowest BCUT2D eigenvalue weighted by molar-refractivity contribution is -0.116. The molecular formula is C20H18ClFN2O2S2. The van der Waals surface area contributed by atoms with Gasteiger partial charge in [-0.05, 0) is 55.3 Å². The van der Waals surface area contributed by atoms with E-state index in [1.54, 1.807) is 23.1 Å². The number of carbonyl (C=O) groups is 1. The Morgan fingerprint density at radius 2 is 2.14 bits per heavy atom. The summed E-state index contributed by atoms with van der Waals surface area (Å²) >= 11 is 8.92. The maximum Gasteiger partial charge on any atom is 0.239 e. The number of nitrogens with zero attached hydrogens (tertiary/aromatic N) is 2. The molecule has 1 aromatic heterocycles. The smallest absolute Gasteiger partial charge is 0.239 e. The Morgan fingerprint density at radius 3 is 2.89 bits per heavy atom. The van der Waals surface area contributed by atoms with Gasteiger partial charge in [-0.3, -0.25) is 9.69 Å². The maximum absolute atomic E-state index is 13.1. The highest BCUT2D eigenvalue weighted by Gasteiger charge is 2.26. The number of thioether (sulfide) groups is 1. The molecule has 4 rings (SSSR count). The Morgan fingerprint density at radius 1 is 1.32 bits per heavy atom. The molecule has 0 saturated carbocycles. The zero-order chi connectivity index (χ0) is 19.5.